The molecule has 0 aliphatic rings. The summed E-state index contributed by atoms with van der Waals surface area (Å²) in [7, 11) is 0. The van der Waals surface area contributed by atoms with E-state index in [9.17, 15) is 5.11 Å². The lowest BCUT2D eigenvalue weighted by Gasteiger charge is -2.13. The molecule has 0 amide bonds. The maximum Gasteiger partial charge on any atom is 0.102 e. The third kappa shape index (κ3) is 2.08. The Morgan fingerprint density at radius 2 is 1.62 bits per heavy atom. The SMILES string of the molecule is Cc1cc(C)c(C(O)CO)cc1C. The fourth-order valence-electron chi connectivity index (χ4n) is 1.44. The number of aryl methyl sites for hydroxylation is 3. The van der Waals surface area contributed by atoms with Crippen molar-refractivity contribution in [1.29, 1.82) is 0 Å². The van der Waals surface area contributed by atoms with Crippen LogP contribution in [-0.4, -0.2) is 16.8 Å². The van der Waals surface area contributed by atoms with Crippen LogP contribution in [0.2, 0.25) is 0 Å². The van der Waals surface area contributed by atoms with Crippen LogP contribution in [-0.2, 0) is 0 Å². The molecule has 2 nitrogen and oxygen atoms in total. The van der Waals surface area contributed by atoms with Gasteiger partial charge in [0.1, 0.15) is 6.10 Å². The largest absolute Gasteiger partial charge is 0.393 e. The Labute approximate surface area is 78.8 Å². The Bertz CT molecular complexity index is 305. The Morgan fingerprint density at radius 3 is 2.15 bits per heavy atom. The molecule has 0 heterocycles. The first kappa shape index (κ1) is 10.2. The van der Waals surface area contributed by atoms with Gasteiger partial charge in [0.05, 0.1) is 6.61 Å². The molecule has 1 unspecified atom stereocenters. The van der Waals surface area contributed by atoms with Crippen molar-refractivity contribution in [3.05, 3.63) is 34.4 Å². The Kier molecular flexibility index (Phi) is 3.07. The lowest BCUT2D eigenvalue weighted by Crippen LogP contribution is -2.05. The van der Waals surface area contributed by atoms with Gasteiger partial charge in [-0.2, -0.15) is 0 Å². The molecule has 13 heavy (non-hydrogen) atoms. The van der Waals surface area contributed by atoms with E-state index < -0.39 is 6.10 Å². The summed E-state index contributed by atoms with van der Waals surface area (Å²) < 4.78 is 0. The van der Waals surface area contributed by atoms with Crippen LogP contribution in [0.1, 0.15) is 28.4 Å². The molecule has 1 rings (SSSR count). The molecule has 1 atom stereocenters. The van der Waals surface area contributed by atoms with E-state index in [1.165, 1.54) is 5.56 Å². The number of rotatable bonds is 2. The van der Waals surface area contributed by atoms with Gasteiger partial charge >= 0.3 is 0 Å². The number of benzene rings is 1. The number of hydrogen-bond donors (Lipinski definition) is 2. The van der Waals surface area contributed by atoms with Crippen LogP contribution < -0.4 is 0 Å². The summed E-state index contributed by atoms with van der Waals surface area (Å²) >= 11 is 0. The highest BCUT2D eigenvalue weighted by molar-refractivity contribution is 5.37. The molecule has 1 aromatic rings. The smallest absolute Gasteiger partial charge is 0.102 e. The molecule has 0 bridgehead atoms. The van der Waals surface area contributed by atoms with Crippen molar-refractivity contribution in [2.45, 2.75) is 26.9 Å². The Morgan fingerprint density at radius 1 is 1.08 bits per heavy atom. The fraction of sp³-hybridized carbons (Fsp3) is 0.455. The van der Waals surface area contributed by atoms with Gasteiger partial charge in [-0.25, -0.2) is 0 Å². The van der Waals surface area contributed by atoms with Crippen molar-refractivity contribution >= 4 is 0 Å². The summed E-state index contributed by atoms with van der Waals surface area (Å²) in [4.78, 5) is 0. The molecule has 0 fully saturated rings. The van der Waals surface area contributed by atoms with E-state index in [-0.39, 0.29) is 6.61 Å². The molecule has 0 radical (unpaired) electrons. The van der Waals surface area contributed by atoms with Gasteiger partial charge in [-0.15, -0.1) is 0 Å². The lowest BCUT2D eigenvalue weighted by molar-refractivity contribution is 0.0951. The van der Waals surface area contributed by atoms with Crippen molar-refractivity contribution in [2.24, 2.45) is 0 Å². The van der Waals surface area contributed by atoms with Crippen LogP contribution in [0, 0.1) is 20.8 Å². The van der Waals surface area contributed by atoms with Crippen LogP contribution in [0.25, 0.3) is 0 Å². The molecule has 0 aliphatic carbocycles. The summed E-state index contributed by atoms with van der Waals surface area (Å²) in [5.41, 5.74) is 4.22. The van der Waals surface area contributed by atoms with E-state index in [1.54, 1.807) is 0 Å². The molecule has 72 valence electrons. The second-order valence-electron chi connectivity index (χ2n) is 3.49. The molecule has 2 heteroatoms. The van der Waals surface area contributed by atoms with Crippen molar-refractivity contribution in [2.75, 3.05) is 6.61 Å². The molecule has 0 saturated carbocycles. The van der Waals surface area contributed by atoms with E-state index in [0.29, 0.717) is 0 Å². The zero-order valence-electron chi connectivity index (χ0n) is 8.33. The molecule has 0 aliphatic heterocycles. The van der Waals surface area contributed by atoms with Crippen LogP contribution in [0.5, 0.6) is 0 Å². The van der Waals surface area contributed by atoms with E-state index in [4.69, 9.17) is 5.11 Å². The standard InChI is InChI=1S/C11H16O2/c1-7-4-9(3)10(5-8(7)2)11(13)6-12/h4-5,11-13H,6H2,1-3H3. The molecular formula is C11H16O2. The minimum atomic E-state index is -0.751. The lowest BCUT2D eigenvalue weighted by atomic mass is 9.97. The minimum Gasteiger partial charge on any atom is -0.393 e. The first-order valence-electron chi connectivity index (χ1n) is 4.43. The summed E-state index contributed by atoms with van der Waals surface area (Å²) in [6.45, 7) is 5.77. The van der Waals surface area contributed by atoms with E-state index in [1.807, 2.05) is 32.9 Å². The number of aliphatic hydroxyl groups excluding tert-OH is 2. The summed E-state index contributed by atoms with van der Waals surface area (Å²) in [6, 6.07) is 3.97. The second kappa shape index (κ2) is 3.90. The van der Waals surface area contributed by atoms with Crippen LogP contribution in [0.4, 0.5) is 0 Å². The molecule has 2 N–H and O–H groups in total. The highest BCUT2D eigenvalue weighted by Crippen LogP contribution is 2.21. The predicted molar refractivity (Wildman–Crippen MR) is 52.7 cm³/mol. The predicted octanol–water partition coefficient (Wildman–Crippen LogP) is 1.64. The maximum absolute atomic E-state index is 9.48. The van der Waals surface area contributed by atoms with Gasteiger partial charge in [0.2, 0.25) is 0 Å². The first-order chi connectivity index (χ1) is 6.06. The highest BCUT2D eigenvalue weighted by atomic mass is 16.3. The molecule has 1 aromatic carbocycles. The van der Waals surface area contributed by atoms with Gasteiger partial charge in [0.25, 0.3) is 0 Å². The summed E-state index contributed by atoms with van der Waals surface area (Å²) in [6.07, 6.45) is -0.751. The van der Waals surface area contributed by atoms with Gasteiger partial charge in [-0.1, -0.05) is 12.1 Å². The first-order valence-corrected chi connectivity index (χ1v) is 4.43. The molecule has 0 spiro atoms. The van der Waals surface area contributed by atoms with E-state index >= 15 is 0 Å². The Balaban J connectivity index is 3.15. The topological polar surface area (TPSA) is 40.5 Å². The minimum absolute atomic E-state index is 0.219. The third-order valence-corrected chi connectivity index (χ3v) is 2.41. The number of hydrogen-bond acceptors (Lipinski definition) is 2. The molecule has 0 saturated heterocycles. The van der Waals surface area contributed by atoms with Crippen LogP contribution in [0.15, 0.2) is 12.1 Å². The van der Waals surface area contributed by atoms with Crippen LogP contribution >= 0.6 is 0 Å². The maximum atomic E-state index is 9.48. The van der Waals surface area contributed by atoms with Crippen LogP contribution in [0.3, 0.4) is 0 Å². The monoisotopic (exact) mass is 180 g/mol. The normalized spacial score (nSPS) is 13.0. The van der Waals surface area contributed by atoms with Gasteiger partial charge in [0.15, 0.2) is 0 Å². The van der Waals surface area contributed by atoms with E-state index in [0.717, 1.165) is 16.7 Å². The molecular weight excluding hydrogens is 164 g/mol. The third-order valence-electron chi connectivity index (χ3n) is 2.41. The quantitative estimate of drug-likeness (QED) is 0.726. The second-order valence-corrected chi connectivity index (χ2v) is 3.49. The highest BCUT2D eigenvalue weighted by Gasteiger charge is 2.09. The fourth-order valence-corrected chi connectivity index (χ4v) is 1.44. The van der Waals surface area contributed by atoms with Crippen molar-refractivity contribution in [3.63, 3.8) is 0 Å². The van der Waals surface area contributed by atoms with Crippen molar-refractivity contribution in [1.82, 2.24) is 0 Å². The zero-order chi connectivity index (χ0) is 10.0. The van der Waals surface area contributed by atoms with Gasteiger partial charge in [-0.05, 0) is 43.0 Å². The average molecular weight is 180 g/mol. The summed E-state index contributed by atoms with van der Waals surface area (Å²) in [5.74, 6) is 0. The van der Waals surface area contributed by atoms with Gasteiger partial charge in [-0.3, -0.25) is 0 Å². The van der Waals surface area contributed by atoms with Crippen molar-refractivity contribution < 1.29 is 10.2 Å². The van der Waals surface area contributed by atoms with Crippen molar-refractivity contribution in [3.8, 4) is 0 Å². The number of aliphatic hydroxyl groups is 2. The van der Waals surface area contributed by atoms with Gasteiger partial charge in [0, 0.05) is 0 Å². The average Bonchev–Trinajstić information content (AvgIpc) is 2.10. The van der Waals surface area contributed by atoms with Gasteiger partial charge < -0.3 is 10.2 Å². The molecule has 0 aromatic heterocycles. The summed E-state index contributed by atoms with van der Waals surface area (Å²) in [5, 5.41) is 18.3. The van der Waals surface area contributed by atoms with E-state index in [2.05, 4.69) is 0 Å². The zero-order valence-corrected chi connectivity index (χ0v) is 8.33. The Hall–Kier alpha value is -0.860.